The summed E-state index contributed by atoms with van der Waals surface area (Å²) < 4.78 is 0. The Balaban J connectivity index is 2.50. The van der Waals surface area contributed by atoms with Gasteiger partial charge in [0.05, 0.1) is 18.1 Å². The van der Waals surface area contributed by atoms with Crippen molar-refractivity contribution in [2.24, 2.45) is 11.8 Å². The zero-order valence-electron chi connectivity index (χ0n) is 12.1. The molecular weight excluding hydrogens is 248 g/mol. The van der Waals surface area contributed by atoms with Crippen molar-refractivity contribution in [3.63, 3.8) is 0 Å². The second-order valence-electron chi connectivity index (χ2n) is 5.90. The summed E-state index contributed by atoms with van der Waals surface area (Å²) in [5.74, 6) is -1.21. The third-order valence-corrected chi connectivity index (χ3v) is 3.51. The molecule has 2 amide bonds. The molecule has 6 heteroatoms. The highest BCUT2D eigenvalue weighted by molar-refractivity contribution is 5.76. The van der Waals surface area contributed by atoms with Crippen LogP contribution in [-0.4, -0.2) is 63.8 Å². The third kappa shape index (κ3) is 4.09. The van der Waals surface area contributed by atoms with Crippen molar-refractivity contribution in [3.8, 4) is 0 Å². The van der Waals surface area contributed by atoms with Crippen LogP contribution in [0.1, 0.15) is 27.7 Å². The maximum Gasteiger partial charge on any atom is 0.320 e. The second kappa shape index (κ2) is 5.77. The molecule has 6 nitrogen and oxygen atoms in total. The molecule has 1 heterocycles. The van der Waals surface area contributed by atoms with Gasteiger partial charge in [-0.15, -0.1) is 0 Å². The Morgan fingerprint density at radius 1 is 1.42 bits per heavy atom. The standard InChI is InChI=1S/C13H24N2O4/c1-5-14(8-13(3,4)19)12(18)15-6-10(7-15)9(2)11(16)17/h9-10,19H,5-8H2,1-4H3,(H,16,17). The molecule has 1 unspecified atom stereocenters. The molecule has 1 rings (SSSR count). The lowest BCUT2D eigenvalue weighted by Gasteiger charge is -2.44. The molecule has 0 aromatic rings. The van der Waals surface area contributed by atoms with Crippen LogP contribution in [-0.2, 0) is 4.79 Å². The molecule has 1 aliphatic heterocycles. The minimum atomic E-state index is -0.926. The highest BCUT2D eigenvalue weighted by Crippen LogP contribution is 2.25. The quantitative estimate of drug-likeness (QED) is 0.777. The lowest BCUT2D eigenvalue weighted by atomic mass is 9.87. The first-order valence-electron chi connectivity index (χ1n) is 6.64. The Morgan fingerprint density at radius 3 is 2.32 bits per heavy atom. The number of hydrogen-bond donors (Lipinski definition) is 2. The third-order valence-electron chi connectivity index (χ3n) is 3.51. The number of aliphatic carboxylic acids is 1. The van der Waals surface area contributed by atoms with Crippen LogP contribution in [0.5, 0.6) is 0 Å². The van der Waals surface area contributed by atoms with Gasteiger partial charge < -0.3 is 20.0 Å². The van der Waals surface area contributed by atoms with Gasteiger partial charge in [0.25, 0.3) is 0 Å². The number of aliphatic hydroxyl groups is 1. The molecule has 0 radical (unpaired) electrons. The number of amides is 2. The number of carboxylic acids is 1. The summed E-state index contributed by atoms with van der Waals surface area (Å²) in [6.45, 7) is 8.62. The fourth-order valence-electron chi connectivity index (χ4n) is 2.17. The fraction of sp³-hybridized carbons (Fsp3) is 0.846. The van der Waals surface area contributed by atoms with Crippen molar-refractivity contribution >= 4 is 12.0 Å². The Labute approximate surface area is 114 Å². The Morgan fingerprint density at radius 2 is 1.95 bits per heavy atom. The Kier molecular flexibility index (Phi) is 4.79. The molecule has 1 saturated heterocycles. The van der Waals surface area contributed by atoms with Crippen LogP contribution in [0.15, 0.2) is 0 Å². The van der Waals surface area contributed by atoms with Crippen LogP contribution in [0.4, 0.5) is 4.79 Å². The minimum Gasteiger partial charge on any atom is -0.481 e. The van der Waals surface area contributed by atoms with Crippen LogP contribution >= 0.6 is 0 Å². The van der Waals surface area contributed by atoms with Crippen LogP contribution in [0.3, 0.4) is 0 Å². The SMILES string of the molecule is CCN(CC(C)(C)O)C(=O)N1CC(C(C)C(=O)O)C1. The number of carboxylic acid groups (broad SMARTS) is 1. The van der Waals surface area contributed by atoms with Crippen LogP contribution in [0.2, 0.25) is 0 Å². The monoisotopic (exact) mass is 272 g/mol. The van der Waals surface area contributed by atoms with Gasteiger partial charge in [0, 0.05) is 25.6 Å². The highest BCUT2D eigenvalue weighted by atomic mass is 16.4. The maximum absolute atomic E-state index is 12.2. The molecule has 19 heavy (non-hydrogen) atoms. The number of carbonyl (C=O) groups excluding carboxylic acids is 1. The molecule has 1 aliphatic rings. The summed E-state index contributed by atoms with van der Waals surface area (Å²) in [5.41, 5.74) is -0.926. The van der Waals surface area contributed by atoms with Crippen LogP contribution in [0, 0.1) is 11.8 Å². The number of carbonyl (C=O) groups is 2. The molecule has 0 spiro atoms. The first-order chi connectivity index (χ1) is 8.65. The molecule has 1 fully saturated rings. The lowest BCUT2D eigenvalue weighted by molar-refractivity contribution is -0.144. The summed E-state index contributed by atoms with van der Waals surface area (Å²) >= 11 is 0. The van der Waals surface area contributed by atoms with E-state index < -0.39 is 17.5 Å². The van der Waals surface area contributed by atoms with Gasteiger partial charge in [0.15, 0.2) is 0 Å². The maximum atomic E-state index is 12.2. The number of nitrogens with zero attached hydrogens (tertiary/aromatic N) is 2. The number of hydrogen-bond acceptors (Lipinski definition) is 3. The Hall–Kier alpha value is -1.30. The molecule has 0 aliphatic carbocycles. The summed E-state index contributed by atoms with van der Waals surface area (Å²) in [6, 6.07) is -0.126. The van der Waals surface area contributed by atoms with Crippen LogP contribution < -0.4 is 0 Å². The number of rotatable bonds is 5. The highest BCUT2D eigenvalue weighted by Gasteiger charge is 2.39. The van der Waals surface area contributed by atoms with Gasteiger partial charge in [-0.25, -0.2) is 4.79 Å². The summed E-state index contributed by atoms with van der Waals surface area (Å²) in [6.07, 6.45) is 0. The zero-order chi connectivity index (χ0) is 14.8. The molecule has 1 atom stereocenters. The predicted octanol–water partition coefficient (Wildman–Crippen LogP) is 0.852. The van der Waals surface area contributed by atoms with E-state index in [1.165, 1.54) is 0 Å². The van der Waals surface area contributed by atoms with E-state index in [1.807, 2.05) is 6.92 Å². The van der Waals surface area contributed by atoms with Gasteiger partial charge in [-0.1, -0.05) is 6.92 Å². The van der Waals surface area contributed by atoms with E-state index >= 15 is 0 Å². The smallest absolute Gasteiger partial charge is 0.320 e. The average molecular weight is 272 g/mol. The van der Waals surface area contributed by atoms with E-state index in [2.05, 4.69) is 0 Å². The van der Waals surface area contributed by atoms with Gasteiger partial charge in [-0.2, -0.15) is 0 Å². The lowest BCUT2D eigenvalue weighted by Crippen LogP contribution is -2.58. The van der Waals surface area contributed by atoms with Crippen molar-refractivity contribution in [3.05, 3.63) is 0 Å². The van der Waals surface area contributed by atoms with Gasteiger partial charge in [0.1, 0.15) is 0 Å². The van der Waals surface area contributed by atoms with Crippen molar-refractivity contribution in [2.75, 3.05) is 26.2 Å². The molecule has 0 aromatic heterocycles. The average Bonchev–Trinajstić information content (AvgIpc) is 2.21. The largest absolute Gasteiger partial charge is 0.481 e. The molecule has 0 aromatic carbocycles. The summed E-state index contributed by atoms with van der Waals surface area (Å²) in [7, 11) is 0. The van der Waals surface area contributed by atoms with Gasteiger partial charge in [-0.3, -0.25) is 4.79 Å². The van der Waals surface area contributed by atoms with Crippen molar-refractivity contribution < 1.29 is 19.8 Å². The zero-order valence-corrected chi connectivity index (χ0v) is 12.1. The van der Waals surface area contributed by atoms with E-state index in [1.54, 1.807) is 30.6 Å². The Bertz CT molecular complexity index is 345. The van der Waals surface area contributed by atoms with Crippen molar-refractivity contribution in [2.45, 2.75) is 33.3 Å². The van der Waals surface area contributed by atoms with E-state index in [9.17, 15) is 14.7 Å². The van der Waals surface area contributed by atoms with Crippen molar-refractivity contribution in [1.82, 2.24) is 9.80 Å². The first-order valence-corrected chi connectivity index (χ1v) is 6.64. The number of likely N-dealkylation sites (tertiary alicyclic amines) is 1. The van der Waals surface area contributed by atoms with E-state index in [0.717, 1.165) is 0 Å². The fourth-order valence-corrected chi connectivity index (χ4v) is 2.17. The molecule has 0 saturated carbocycles. The molecule has 110 valence electrons. The molecule has 2 N–H and O–H groups in total. The molecule has 0 bridgehead atoms. The van der Waals surface area contributed by atoms with E-state index in [-0.39, 0.29) is 18.5 Å². The predicted molar refractivity (Wildman–Crippen MR) is 70.8 cm³/mol. The van der Waals surface area contributed by atoms with Gasteiger partial charge in [-0.05, 0) is 20.8 Å². The van der Waals surface area contributed by atoms with E-state index in [0.29, 0.717) is 19.6 Å². The van der Waals surface area contributed by atoms with Crippen molar-refractivity contribution in [1.29, 1.82) is 0 Å². The van der Waals surface area contributed by atoms with Crippen LogP contribution in [0.25, 0.3) is 0 Å². The number of urea groups is 1. The second-order valence-corrected chi connectivity index (χ2v) is 5.90. The number of likely N-dealkylation sites (N-methyl/N-ethyl adjacent to an activating group) is 1. The normalized spacial score (nSPS) is 17.8. The summed E-state index contributed by atoms with van der Waals surface area (Å²) in [4.78, 5) is 26.2. The van der Waals surface area contributed by atoms with E-state index in [4.69, 9.17) is 5.11 Å². The van der Waals surface area contributed by atoms with Gasteiger partial charge >= 0.3 is 12.0 Å². The first kappa shape index (κ1) is 15.8. The summed E-state index contributed by atoms with van der Waals surface area (Å²) in [5, 5.41) is 18.7. The minimum absolute atomic E-state index is 0.0299. The topological polar surface area (TPSA) is 81.1 Å². The van der Waals surface area contributed by atoms with Gasteiger partial charge in [0.2, 0.25) is 0 Å². The molecular formula is C13H24N2O4.